The van der Waals surface area contributed by atoms with Crippen LogP contribution >= 0.6 is 19.7 Å². The van der Waals surface area contributed by atoms with Crippen molar-refractivity contribution in [2.75, 3.05) is 18.5 Å². The van der Waals surface area contributed by atoms with E-state index in [1.54, 1.807) is 44.2 Å². The molecule has 12 nitrogen and oxygen atoms in total. The zero-order chi connectivity index (χ0) is 29.4. The number of nitrogens with zero attached hydrogens (tertiary/aromatic N) is 3. The first-order chi connectivity index (χ1) is 19.0. The Kier molecular flexibility index (Phi) is 13.3. The quantitative estimate of drug-likeness (QED) is 0.123. The molecule has 2 fully saturated rings. The minimum Gasteiger partial charge on any atom is -0.480 e. The SMILES string of the molecule is CC1(C)S[C@@H]2[C@H](NC(=O)[C@H](NC(=O)OCc3[c-]nn[nH]3)c3ccccc3)C(=O)N2[C@H]1C(=O)O.CCP(CC)CC.[Au+]. The summed E-state index contributed by atoms with van der Waals surface area (Å²) in [7, 11) is 0.446. The number of carboxylic acid groups (broad SMARTS) is 1. The number of H-pyrrole nitrogens is 1. The van der Waals surface area contributed by atoms with Crippen molar-refractivity contribution in [2.24, 2.45) is 0 Å². The summed E-state index contributed by atoms with van der Waals surface area (Å²) in [6.45, 7) is 10.2. The molecule has 15 heteroatoms. The summed E-state index contributed by atoms with van der Waals surface area (Å²) in [5.74, 6) is -2.19. The smallest absolute Gasteiger partial charge is 0.480 e. The van der Waals surface area contributed by atoms with Crippen molar-refractivity contribution in [3.8, 4) is 0 Å². The van der Waals surface area contributed by atoms with Crippen LogP contribution in [-0.4, -0.2) is 90.0 Å². The molecule has 4 N–H and O–H groups in total. The van der Waals surface area contributed by atoms with Gasteiger partial charge in [0.2, 0.25) is 11.8 Å². The molecule has 228 valence electrons. The molecule has 4 atom stereocenters. The van der Waals surface area contributed by atoms with E-state index in [0.717, 1.165) is 0 Å². The summed E-state index contributed by atoms with van der Waals surface area (Å²) in [5, 5.41) is 23.6. The number of carbonyl (C=O) groups excluding carboxylic acids is 3. The molecule has 4 rings (SSSR count). The predicted octanol–water partition coefficient (Wildman–Crippen LogP) is 2.73. The van der Waals surface area contributed by atoms with E-state index in [2.05, 4.69) is 53.0 Å². The Labute approximate surface area is 260 Å². The molecular weight excluding hydrogens is 752 g/mol. The summed E-state index contributed by atoms with van der Waals surface area (Å²) in [6.07, 6.45) is 5.89. The molecule has 2 aromatic rings. The molecule has 3 heterocycles. The number of ether oxygens (including phenoxy) is 1. The molecule has 2 aliphatic rings. The van der Waals surface area contributed by atoms with Gasteiger partial charge in [-0.15, -0.1) is 24.9 Å². The van der Waals surface area contributed by atoms with Crippen molar-refractivity contribution in [1.29, 1.82) is 0 Å². The van der Waals surface area contributed by atoms with Crippen LogP contribution in [0.5, 0.6) is 0 Å². The first-order valence-electron chi connectivity index (χ1n) is 13.0. The molecule has 41 heavy (non-hydrogen) atoms. The van der Waals surface area contributed by atoms with Crippen molar-refractivity contribution in [3.63, 3.8) is 0 Å². The van der Waals surface area contributed by atoms with Crippen molar-refractivity contribution < 1.29 is 51.4 Å². The van der Waals surface area contributed by atoms with Gasteiger partial charge in [-0.05, 0) is 37.9 Å². The van der Waals surface area contributed by atoms with Gasteiger partial charge < -0.3 is 36.7 Å². The van der Waals surface area contributed by atoms with Crippen molar-refractivity contribution in [1.82, 2.24) is 30.9 Å². The summed E-state index contributed by atoms with van der Waals surface area (Å²) in [6, 6.07) is 5.45. The van der Waals surface area contributed by atoms with Crippen molar-refractivity contribution >= 4 is 43.6 Å². The monoisotopic (exact) mass is 788 g/mol. The van der Waals surface area contributed by atoms with Gasteiger partial charge in [0.15, 0.2) is 0 Å². The Bertz CT molecular complexity index is 1160. The van der Waals surface area contributed by atoms with E-state index in [4.69, 9.17) is 4.74 Å². The number of β-lactam (4-membered cyclic amide) rings is 1. The van der Waals surface area contributed by atoms with Gasteiger partial charge in [-0.2, -0.15) is 0 Å². The van der Waals surface area contributed by atoms with Gasteiger partial charge >= 0.3 is 34.4 Å². The van der Waals surface area contributed by atoms with Gasteiger partial charge in [-0.1, -0.05) is 56.8 Å². The Balaban J connectivity index is 0.000000655. The number of amides is 3. The topological polar surface area (TPSA) is 167 Å². The van der Waals surface area contributed by atoms with Crippen LogP contribution in [0.15, 0.2) is 30.3 Å². The Hall–Kier alpha value is -2.44. The first-order valence-corrected chi connectivity index (χ1v) is 15.8. The van der Waals surface area contributed by atoms with Gasteiger partial charge in [0.25, 0.3) is 0 Å². The number of aromatic amines is 1. The number of hydrogen-bond donors (Lipinski definition) is 4. The first kappa shape index (κ1) is 34.8. The molecule has 1 aromatic heterocycles. The average molecular weight is 789 g/mol. The average Bonchev–Trinajstić information content (AvgIpc) is 3.55. The van der Waals surface area contributed by atoms with Crippen molar-refractivity contribution in [2.45, 2.75) is 69.5 Å². The molecule has 0 radical (unpaired) electrons. The summed E-state index contributed by atoms with van der Waals surface area (Å²) < 4.78 is 4.36. The van der Waals surface area contributed by atoms with E-state index in [0.29, 0.717) is 19.2 Å². The molecule has 0 spiro atoms. The third-order valence-corrected chi connectivity index (χ3v) is 11.0. The van der Waals surface area contributed by atoms with Crippen LogP contribution in [0.3, 0.4) is 0 Å². The third-order valence-electron chi connectivity index (χ3n) is 6.74. The predicted molar refractivity (Wildman–Crippen MR) is 152 cm³/mol. The minimum atomic E-state index is -1.14. The second kappa shape index (κ2) is 15.7. The number of hydrogen-bond acceptors (Lipinski definition) is 8. The third kappa shape index (κ3) is 8.54. The van der Waals surface area contributed by atoms with Crippen LogP contribution in [0.4, 0.5) is 4.79 Å². The second-order valence-electron chi connectivity index (χ2n) is 9.67. The molecular formula is C26H36AuN6O6PS. The molecule has 0 saturated carbocycles. The fourth-order valence-electron chi connectivity index (χ4n) is 4.56. The Morgan fingerprint density at radius 3 is 2.34 bits per heavy atom. The van der Waals surface area contributed by atoms with Crippen LogP contribution in [0, 0.1) is 6.20 Å². The largest absolute Gasteiger partial charge is 1.00 e. The number of carboxylic acids is 1. The van der Waals surface area contributed by atoms with E-state index in [9.17, 15) is 24.3 Å². The number of carbonyl (C=O) groups is 4. The molecule has 0 bridgehead atoms. The number of benzene rings is 1. The molecule has 2 saturated heterocycles. The zero-order valence-electron chi connectivity index (χ0n) is 23.5. The van der Waals surface area contributed by atoms with Gasteiger partial charge in [0, 0.05) is 4.75 Å². The summed E-state index contributed by atoms with van der Waals surface area (Å²) in [5.41, 5.74) is 0.827. The molecule has 2 aliphatic heterocycles. The number of alkyl carbamates (subject to hydrolysis) is 1. The molecule has 3 amide bonds. The van der Waals surface area contributed by atoms with Crippen LogP contribution in [0.25, 0.3) is 0 Å². The van der Waals surface area contributed by atoms with E-state index in [1.165, 1.54) is 35.1 Å². The number of aliphatic carboxylic acids is 1. The standard InChI is InChI=1S/C20H21N6O6S.C6H15P.Au/c1-20(2)14(18(29)30)26-16(28)13(17(26)33-20)22-15(27)12(10-6-4-3-5-7-10)23-19(31)32-9-11-8-21-25-24-11;1-4-7(5-2)6-3;/h3-7,12-14,17H,9H2,1-2H3,(H,22,27)(H,23,31)(H,29,30)(H,21,24,25);4-6H2,1-3H3;/q-1;;+1/t12-,13-,14+,17-;;/m1../s1. The molecule has 1 aromatic carbocycles. The van der Waals surface area contributed by atoms with Crippen LogP contribution in [0.2, 0.25) is 0 Å². The fourth-order valence-corrected chi connectivity index (χ4v) is 7.52. The van der Waals surface area contributed by atoms with Gasteiger partial charge in [0.05, 0.1) is 0 Å². The number of fused-ring (bicyclic) bond motifs is 1. The molecule has 0 unspecified atom stereocenters. The normalized spacial score (nSPS) is 20.9. The maximum atomic E-state index is 13.1. The number of nitrogens with one attached hydrogen (secondary N) is 3. The second-order valence-corrected chi connectivity index (χ2v) is 14.7. The maximum Gasteiger partial charge on any atom is 1.00 e. The van der Waals surface area contributed by atoms with Gasteiger partial charge in [-0.25, -0.2) is 9.59 Å². The summed E-state index contributed by atoms with van der Waals surface area (Å²) >= 11 is 1.31. The minimum absolute atomic E-state index is 0. The zero-order valence-corrected chi connectivity index (χ0v) is 27.4. The van der Waals surface area contributed by atoms with Crippen molar-refractivity contribution in [3.05, 3.63) is 47.8 Å². The number of rotatable bonds is 10. The van der Waals surface area contributed by atoms with E-state index < -0.39 is 52.1 Å². The summed E-state index contributed by atoms with van der Waals surface area (Å²) in [4.78, 5) is 51.1. The number of thioether (sulfide) groups is 1. The van der Waals surface area contributed by atoms with E-state index >= 15 is 0 Å². The van der Waals surface area contributed by atoms with Gasteiger partial charge in [-0.3, -0.25) is 14.7 Å². The Morgan fingerprint density at radius 1 is 1.20 bits per heavy atom. The van der Waals surface area contributed by atoms with Crippen LogP contribution in [-0.2, 0) is 48.1 Å². The Morgan fingerprint density at radius 2 is 1.83 bits per heavy atom. The van der Waals surface area contributed by atoms with Gasteiger partial charge in [0.1, 0.15) is 30.1 Å². The fraction of sp³-hybridized carbons (Fsp3) is 0.538. The van der Waals surface area contributed by atoms with Crippen LogP contribution < -0.4 is 10.6 Å². The maximum absolute atomic E-state index is 13.1. The van der Waals surface area contributed by atoms with E-state index in [-0.39, 0.29) is 29.0 Å². The van der Waals surface area contributed by atoms with Crippen LogP contribution in [0.1, 0.15) is 51.9 Å². The number of aromatic nitrogens is 3. The van der Waals surface area contributed by atoms with E-state index in [1.807, 2.05) is 0 Å². The molecule has 0 aliphatic carbocycles.